The molecule has 1 saturated heterocycles. The van der Waals surface area contributed by atoms with Crippen LogP contribution in [0.25, 0.3) is 21.6 Å². The molecule has 10 heteroatoms. The van der Waals surface area contributed by atoms with Gasteiger partial charge < -0.3 is 15.0 Å². The number of ether oxygens (including phenoxy) is 1. The molecule has 1 aliphatic rings. The minimum absolute atomic E-state index is 0.179. The quantitative estimate of drug-likeness (QED) is 0.402. The van der Waals surface area contributed by atoms with E-state index < -0.39 is 6.23 Å². The van der Waals surface area contributed by atoms with E-state index in [2.05, 4.69) is 37.0 Å². The van der Waals surface area contributed by atoms with Crippen LogP contribution in [0, 0.1) is 0 Å². The molecule has 0 radical (unpaired) electrons. The number of carbonyl (C=O) groups excluding carboxylic acids is 1. The van der Waals surface area contributed by atoms with Crippen molar-refractivity contribution < 1.29 is 9.53 Å². The highest BCUT2D eigenvalue weighted by Gasteiger charge is 2.29. The third-order valence-corrected chi connectivity index (χ3v) is 6.82. The van der Waals surface area contributed by atoms with Crippen LogP contribution in [0.5, 0.6) is 0 Å². The first-order valence-corrected chi connectivity index (χ1v) is 11.9. The predicted molar refractivity (Wildman–Crippen MR) is 133 cm³/mol. The van der Waals surface area contributed by atoms with Crippen molar-refractivity contribution in [3.8, 4) is 11.3 Å². The summed E-state index contributed by atoms with van der Waals surface area (Å²) in [4.78, 5) is 34.5. The summed E-state index contributed by atoms with van der Waals surface area (Å²) in [5.41, 5.74) is 3.83. The second kappa shape index (κ2) is 9.80. The Labute approximate surface area is 201 Å². The molecule has 4 aromatic rings. The molecule has 1 N–H and O–H groups in total. The number of thiazole rings is 1. The number of piperazine rings is 1. The lowest BCUT2D eigenvalue weighted by Gasteiger charge is -2.42. The van der Waals surface area contributed by atoms with E-state index in [1.807, 2.05) is 36.4 Å². The van der Waals surface area contributed by atoms with Crippen LogP contribution < -0.4 is 10.2 Å². The SMILES string of the molecule is CO[C@@H](C=O)N1CCN(c2ccnc(Nc3nc4ccc(-c5ccncc5)nc4s3)c2)CC1C. The van der Waals surface area contributed by atoms with Crippen molar-refractivity contribution in [1.29, 1.82) is 0 Å². The number of nitrogens with zero attached hydrogens (tertiary/aromatic N) is 6. The number of methoxy groups -OCH3 is 1. The van der Waals surface area contributed by atoms with Crippen molar-refractivity contribution in [2.24, 2.45) is 0 Å². The van der Waals surface area contributed by atoms with Crippen LogP contribution in [-0.2, 0) is 9.53 Å². The van der Waals surface area contributed by atoms with Gasteiger partial charge >= 0.3 is 0 Å². The van der Waals surface area contributed by atoms with Gasteiger partial charge in [0.25, 0.3) is 0 Å². The highest BCUT2D eigenvalue weighted by molar-refractivity contribution is 7.21. The fourth-order valence-corrected chi connectivity index (χ4v) is 5.05. The van der Waals surface area contributed by atoms with Crippen molar-refractivity contribution >= 4 is 44.6 Å². The first-order valence-electron chi connectivity index (χ1n) is 11.0. The summed E-state index contributed by atoms with van der Waals surface area (Å²) < 4.78 is 5.30. The number of aromatic nitrogens is 4. The molecule has 0 bridgehead atoms. The van der Waals surface area contributed by atoms with Gasteiger partial charge in [0.15, 0.2) is 17.6 Å². The van der Waals surface area contributed by atoms with E-state index in [0.29, 0.717) is 0 Å². The molecule has 5 heterocycles. The third kappa shape index (κ3) is 4.60. The number of rotatable bonds is 7. The lowest BCUT2D eigenvalue weighted by Crippen LogP contribution is -2.56. The number of anilines is 3. The van der Waals surface area contributed by atoms with Crippen LogP contribution in [0.15, 0.2) is 55.0 Å². The number of fused-ring (bicyclic) bond motifs is 1. The van der Waals surface area contributed by atoms with Crippen molar-refractivity contribution in [2.45, 2.75) is 19.2 Å². The minimum atomic E-state index is -0.501. The lowest BCUT2D eigenvalue weighted by atomic mass is 10.1. The van der Waals surface area contributed by atoms with E-state index in [0.717, 1.165) is 64.2 Å². The van der Waals surface area contributed by atoms with E-state index in [1.54, 1.807) is 25.7 Å². The molecule has 0 aromatic carbocycles. The van der Waals surface area contributed by atoms with Gasteiger partial charge in [-0.1, -0.05) is 11.3 Å². The Kier molecular flexibility index (Phi) is 6.43. The third-order valence-electron chi connectivity index (χ3n) is 5.94. The van der Waals surface area contributed by atoms with Crippen LogP contribution in [0.3, 0.4) is 0 Å². The number of hydrogen-bond donors (Lipinski definition) is 1. The maximum absolute atomic E-state index is 11.3. The molecule has 0 amide bonds. The predicted octanol–water partition coefficient (Wildman–Crippen LogP) is 3.57. The van der Waals surface area contributed by atoms with Crippen LogP contribution >= 0.6 is 11.3 Å². The zero-order chi connectivity index (χ0) is 23.5. The zero-order valence-corrected chi connectivity index (χ0v) is 19.8. The molecule has 1 aliphatic heterocycles. The van der Waals surface area contributed by atoms with Crippen LogP contribution in [-0.4, -0.2) is 70.1 Å². The molecule has 4 aromatic heterocycles. The Morgan fingerprint density at radius 2 is 2.00 bits per heavy atom. The van der Waals surface area contributed by atoms with Gasteiger partial charge in [0, 0.05) is 68.7 Å². The van der Waals surface area contributed by atoms with E-state index in [1.165, 1.54) is 11.3 Å². The van der Waals surface area contributed by atoms with Crippen molar-refractivity contribution in [3.63, 3.8) is 0 Å². The van der Waals surface area contributed by atoms with Gasteiger partial charge in [0.05, 0.1) is 5.69 Å². The summed E-state index contributed by atoms with van der Waals surface area (Å²) in [5.74, 6) is 0.726. The Morgan fingerprint density at radius 3 is 2.76 bits per heavy atom. The highest BCUT2D eigenvalue weighted by Crippen LogP contribution is 2.30. The van der Waals surface area contributed by atoms with Gasteiger partial charge in [-0.25, -0.2) is 15.0 Å². The molecule has 5 rings (SSSR count). The average molecular weight is 476 g/mol. The number of aldehydes is 1. The largest absolute Gasteiger partial charge is 0.369 e. The Morgan fingerprint density at radius 1 is 1.15 bits per heavy atom. The average Bonchev–Trinajstić information content (AvgIpc) is 3.27. The van der Waals surface area contributed by atoms with Gasteiger partial charge in [-0.2, -0.15) is 0 Å². The fraction of sp³-hybridized carbons (Fsp3) is 0.292. The Balaban J connectivity index is 1.31. The summed E-state index contributed by atoms with van der Waals surface area (Å²) in [7, 11) is 1.57. The molecule has 1 fully saturated rings. The van der Waals surface area contributed by atoms with Gasteiger partial charge in [0.2, 0.25) is 0 Å². The first-order chi connectivity index (χ1) is 16.6. The first kappa shape index (κ1) is 22.3. The van der Waals surface area contributed by atoms with Gasteiger partial charge in [-0.15, -0.1) is 0 Å². The fourth-order valence-electron chi connectivity index (χ4n) is 4.20. The second-order valence-corrected chi connectivity index (χ2v) is 9.07. The summed E-state index contributed by atoms with van der Waals surface area (Å²) in [5, 5.41) is 4.07. The van der Waals surface area contributed by atoms with Crippen LogP contribution in [0.1, 0.15) is 6.92 Å². The van der Waals surface area contributed by atoms with Crippen molar-refractivity contribution in [3.05, 3.63) is 55.0 Å². The maximum Gasteiger partial charge on any atom is 0.190 e. The lowest BCUT2D eigenvalue weighted by molar-refractivity contribution is -0.130. The Hall–Kier alpha value is -3.47. The second-order valence-electron chi connectivity index (χ2n) is 8.10. The van der Waals surface area contributed by atoms with E-state index in [-0.39, 0.29) is 6.04 Å². The molecule has 174 valence electrons. The topological polar surface area (TPSA) is 96.4 Å². The van der Waals surface area contributed by atoms with Crippen molar-refractivity contribution in [2.75, 3.05) is 37.0 Å². The van der Waals surface area contributed by atoms with Gasteiger partial charge in [0.1, 0.15) is 16.2 Å². The molecule has 2 atom stereocenters. The summed E-state index contributed by atoms with van der Waals surface area (Å²) in [6.07, 6.45) is 5.67. The summed E-state index contributed by atoms with van der Waals surface area (Å²) >= 11 is 1.50. The number of nitrogens with one attached hydrogen (secondary N) is 1. The normalized spacial score (nSPS) is 17.6. The molecule has 0 aliphatic carbocycles. The summed E-state index contributed by atoms with van der Waals surface area (Å²) in [6.45, 7) is 4.44. The van der Waals surface area contributed by atoms with Crippen molar-refractivity contribution in [1.82, 2.24) is 24.8 Å². The van der Waals surface area contributed by atoms with E-state index in [9.17, 15) is 4.79 Å². The molecule has 1 unspecified atom stereocenters. The molecule has 9 nitrogen and oxygen atoms in total. The Bertz CT molecular complexity index is 1280. The maximum atomic E-state index is 11.3. The van der Waals surface area contributed by atoms with E-state index >= 15 is 0 Å². The smallest absolute Gasteiger partial charge is 0.190 e. The monoisotopic (exact) mass is 475 g/mol. The van der Waals surface area contributed by atoms with Crippen LogP contribution in [0.4, 0.5) is 16.6 Å². The number of pyridine rings is 3. The van der Waals surface area contributed by atoms with Gasteiger partial charge in [-0.05, 0) is 37.3 Å². The van der Waals surface area contributed by atoms with Gasteiger partial charge in [-0.3, -0.25) is 14.7 Å². The standard InChI is InChI=1S/C24H25N7O2S/c1-16-14-30(11-12-31(16)22(15-32)33-2)18-7-10-26-21(13-18)29-24-28-20-4-3-19(27-23(20)34-24)17-5-8-25-9-6-17/h3-10,13,15-16,22H,11-12,14H2,1-2H3,(H,26,28,29)/t16?,22-/m0/s1. The molecule has 0 spiro atoms. The number of carbonyl (C=O) groups is 1. The zero-order valence-electron chi connectivity index (χ0n) is 19.0. The van der Waals surface area contributed by atoms with E-state index in [4.69, 9.17) is 9.72 Å². The molecule has 34 heavy (non-hydrogen) atoms. The van der Waals surface area contributed by atoms with Crippen LogP contribution in [0.2, 0.25) is 0 Å². The minimum Gasteiger partial charge on any atom is -0.369 e. The summed E-state index contributed by atoms with van der Waals surface area (Å²) in [6, 6.07) is 12.0. The number of hydrogen-bond acceptors (Lipinski definition) is 10. The highest BCUT2D eigenvalue weighted by atomic mass is 32.1. The molecule has 0 saturated carbocycles. The molecular formula is C24H25N7O2S. The molecular weight excluding hydrogens is 450 g/mol.